The van der Waals surface area contributed by atoms with Crippen LogP contribution in [0.1, 0.15) is 30.2 Å². The van der Waals surface area contributed by atoms with Crippen LogP contribution in [-0.4, -0.2) is 29.8 Å². The van der Waals surface area contributed by atoms with E-state index in [2.05, 4.69) is 25.9 Å². The summed E-state index contributed by atoms with van der Waals surface area (Å²) in [5.74, 6) is 0.351. The van der Waals surface area contributed by atoms with Gasteiger partial charge in [0.25, 0.3) is 6.43 Å². The lowest BCUT2D eigenvalue weighted by atomic mass is 10.1. The summed E-state index contributed by atoms with van der Waals surface area (Å²) in [6.45, 7) is 4.72. The molecule has 0 unspecified atom stereocenters. The van der Waals surface area contributed by atoms with E-state index >= 15 is 0 Å². The van der Waals surface area contributed by atoms with Crippen molar-refractivity contribution in [1.29, 1.82) is 0 Å². The van der Waals surface area contributed by atoms with Gasteiger partial charge in [0, 0.05) is 19.2 Å². The molecule has 0 amide bonds. The van der Waals surface area contributed by atoms with Gasteiger partial charge in [-0.15, -0.1) is 0 Å². The highest BCUT2D eigenvalue weighted by Gasteiger charge is 2.14. The van der Waals surface area contributed by atoms with Crippen molar-refractivity contribution in [3.63, 3.8) is 0 Å². The molecule has 0 N–H and O–H groups in total. The lowest BCUT2D eigenvalue weighted by Crippen LogP contribution is -2.14. The smallest absolute Gasteiger partial charge is 0.264 e. The Labute approximate surface area is 154 Å². The zero-order chi connectivity index (χ0) is 18.4. The SMILES string of the molecule is CCN(C)C=Nc1cc(Br)c(OCc2ccccc2C(F)F)nc1C. The van der Waals surface area contributed by atoms with Crippen molar-refractivity contribution < 1.29 is 13.5 Å². The van der Waals surface area contributed by atoms with Gasteiger partial charge >= 0.3 is 0 Å². The number of aryl methyl sites for hydroxylation is 1. The molecule has 0 aliphatic rings. The number of ether oxygens (including phenoxy) is 1. The normalized spacial score (nSPS) is 11.3. The summed E-state index contributed by atoms with van der Waals surface area (Å²) in [5.41, 5.74) is 1.82. The molecular formula is C18H20BrF2N3O. The molecule has 7 heteroatoms. The summed E-state index contributed by atoms with van der Waals surface area (Å²) in [6, 6.07) is 8.13. The number of halogens is 3. The van der Waals surface area contributed by atoms with Crippen LogP contribution in [0.4, 0.5) is 14.5 Å². The number of aromatic nitrogens is 1. The van der Waals surface area contributed by atoms with E-state index in [1.807, 2.05) is 25.8 Å². The molecule has 0 bridgehead atoms. The van der Waals surface area contributed by atoms with E-state index in [1.165, 1.54) is 6.07 Å². The van der Waals surface area contributed by atoms with E-state index in [0.717, 1.165) is 6.54 Å². The minimum atomic E-state index is -2.54. The molecule has 0 aliphatic carbocycles. The molecule has 25 heavy (non-hydrogen) atoms. The van der Waals surface area contributed by atoms with Gasteiger partial charge in [0.05, 0.1) is 22.2 Å². The monoisotopic (exact) mass is 411 g/mol. The first-order valence-corrected chi connectivity index (χ1v) is 8.62. The second-order valence-electron chi connectivity index (χ2n) is 5.49. The summed E-state index contributed by atoms with van der Waals surface area (Å²) in [7, 11) is 1.93. The zero-order valence-electron chi connectivity index (χ0n) is 14.3. The van der Waals surface area contributed by atoms with Crippen molar-refractivity contribution in [2.24, 2.45) is 4.99 Å². The Morgan fingerprint density at radius 1 is 1.36 bits per heavy atom. The number of alkyl halides is 2. The first-order valence-electron chi connectivity index (χ1n) is 7.82. The molecule has 2 rings (SSSR count). The third-order valence-electron chi connectivity index (χ3n) is 3.66. The molecule has 0 spiro atoms. The minimum absolute atomic E-state index is 0.0206. The van der Waals surface area contributed by atoms with Crippen LogP contribution in [0, 0.1) is 6.92 Å². The van der Waals surface area contributed by atoms with Crippen LogP contribution < -0.4 is 4.74 Å². The molecule has 1 aromatic carbocycles. The topological polar surface area (TPSA) is 37.7 Å². The molecule has 0 saturated carbocycles. The highest BCUT2D eigenvalue weighted by atomic mass is 79.9. The van der Waals surface area contributed by atoms with E-state index in [9.17, 15) is 8.78 Å². The van der Waals surface area contributed by atoms with Gasteiger partial charge in [0.1, 0.15) is 6.61 Å². The third-order valence-corrected chi connectivity index (χ3v) is 4.22. The van der Waals surface area contributed by atoms with Crippen LogP contribution >= 0.6 is 15.9 Å². The van der Waals surface area contributed by atoms with Crippen molar-refractivity contribution >= 4 is 28.0 Å². The van der Waals surface area contributed by atoms with Crippen LogP contribution in [0.5, 0.6) is 5.88 Å². The standard InChI is InChI=1S/C18H20BrF2N3O/c1-4-24(3)11-22-16-9-15(19)18(23-12(16)2)25-10-13-7-5-6-8-14(13)17(20)21/h5-9,11,17H,4,10H2,1-3H3. The summed E-state index contributed by atoms with van der Waals surface area (Å²) in [5, 5.41) is 0. The van der Waals surface area contributed by atoms with Gasteiger partial charge < -0.3 is 9.64 Å². The maximum Gasteiger partial charge on any atom is 0.264 e. The molecule has 0 saturated heterocycles. The highest BCUT2D eigenvalue weighted by molar-refractivity contribution is 9.10. The predicted octanol–water partition coefficient (Wildman–Crippen LogP) is 5.28. The quantitative estimate of drug-likeness (QED) is 0.459. The first kappa shape index (κ1) is 19.3. The number of hydrogen-bond donors (Lipinski definition) is 0. The van der Waals surface area contributed by atoms with Crippen molar-refractivity contribution in [3.05, 3.63) is 51.6 Å². The molecular weight excluding hydrogens is 392 g/mol. The molecule has 0 radical (unpaired) electrons. The number of rotatable bonds is 7. The number of nitrogens with zero attached hydrogens (tertiary/aromatic N) is 3. The molecule has 4 nitrogen and oxygen atoms in total. The van der Waals surface area contributed by atoms with Gasteiger partial charge in [-0.25, -0.2) is 18.8 Å². The summed E-state index contributed by atoms with van der Waals surface area (Å²) >= 11 is 3.40. The van der Waals surface area contributed by atoms with E-state index in [4.69, 9.17) is 4.74 Å². The minimum Gasteiger partial charge on any atom is -0.472 e. The van der Waals surface area contributed by atoms with Crippen molar-refractivity contribution in [2.75, 3.05) is 13.6 Å². The van der Waals surface area contributed by atoms with Crippen LogP contribution in [0.15, 0.2) is 39.8 Å². The van der Waals surface area contributed by atoms with Gasteiger partial charge in [-0.1, -0.05) is 24.3 Å². The molecule has 1 aromatic heterocycles. The summed E-state index contributed by atoms with van der Waals surface area (Å²) < 4.78 is 32.3. The van der Waals surface area contributed by atoms with Gasteiger partial charge in [-0.2, -0.15) is 0 Å². The fourth-order valence-corrected chi connectivity index (χ4v) is 2.47. The maximum atomic E-state index is 13.0. The fraction of sp³-hybridized carbons (Fsp3) is 0.333. The average molecular weight is 412 g/mol. The van der Waals surface area contributed by atoms with E-state index in [-0.39, 0.29) is 12.2 Å². The average Bonchev–Trinajstić information content (AvgIpc) is 2.60. The van der Waals surface area contributed by atoms with Crippen LogP contribution in [0.3, 0.4) is 0 Å². The van der Waals surface area contributed by atoms with Gasteiger partial charge in [-0.05, 0) is 41.4 Å². The number of aliphatic imine (C=N–C) groups is 1. The molecule has 0 fully saturated rings. The largest absolute Gasteiger partial charge is 0.472 e. The Bertz CT molecular complexity index is 753. The third kappa shape index (κ3) is 5.22. The Balaban J connectivity index is 2.16. The van der Waals surface area contributed by atoms with Crippen LogP contribution in [-0.2, 0) is 6.61 Å². The fourth-order valence-electron chi connectivity index (χ4n) is 2.05. The summed E-state index contributed by atoms with van der Waals surface area (Å²) in [4.78, 5) is 10.7. The molecule has 134 valence electrons. The van der Waals surface area contributed by atoms with Gasteiger partial charge in [0.15, 0.2) is 0 Å². The molecule has 0 atom stereocenters. The summed E-state index contributed by atoms with van der Waals surface area (Å²) in [6.07, 6.45) is -0.805. The van der Waals surface area contributed by atoms with E-state index in [0.29, 0.717) is 27.3 Å². The van der Waals surface area contributed by atoms with Crippen molar-refractivity contribution in [3.8, 4) is 5.88 Å². The van der Waals surface area contributed by atoms with Gasteiger partial charge in [0.2, 0.25) is 5.88 Å². The van der Waals surface area contributed by atoms with E-state index in [1.54, 1.807) is 30.6 Å². The molecule has 1 heterocycles. The molecule has 2 aromatic rings. The first-order chi connectivity index (χ1) is 11.9. The second kappa shape index (κ2) is 8.89. The Hall–Kier alpha value is -2.02. The lowest BCUT2D eigenvalue weighted by molar-refractivity contribution is 0.147. The highest BCUT2D eigenvalue weighted by Crippen LogP contribution is 2.31. The lowest BCUT2D eigenvalue weighted by Gasteiger charge is -2.13. The number of benzene rings is 1. The Kier molecular flexibility index (Phi) is 6.87. The second-order valence-corrected chi connectivity index (χ2v) is 6.34. The van der Waals surface area contributed by atoms with Crippen LogP contribution in [0.2, 0.25) is 0 Å². The number of hydrogen-bond acceptors (Lipinski definition) is 3. The predicted molar refractivity (Wildman–Crippen MR) is 98.9 cm³/mol. The van der Waals surface area contributed by atoms with E-state index < -0.39 is 6.43 Å². The number of pyridine rings is 1. The zero-order valence-corrected chi connectivity index (χ0v) is 15.9. The van der Waals surface area contributed by atoms with Crippen molar-refractivity contribution in [1.82, 2.24) is 9.88 Å². The van der Waals surface area contributed by atoms with Crippen LogP contribution in [0.25, 0.3) is 0 Å². The molecule has 0 aliphatic heterocycles. The maximum absolute atomic E-state index is 13.0. The van der Waals surface area contributed by atoms with Gasteiger partial charge in [-0.3, -0.25) is 0 Å². The Morgan fingerprint density at radius 2 is 2.08 bits per heavy atom. The Morgan fingerprint density at radius 3 is 2.76 bits per heavy atom. The van der Waals surface area contributed by atoms with Crippen molar-refractivity contribution in [2.45, 2.75) is 26.9 Å².